The van der Waals surface area contributed by atoms with E-state index in [-0.39, 0.29) is 5.82 Å². The molecule has 1 unspecified atom stereocenters. The van der Waals surface area contributed by atoms with Gasteiger partial charge >= 0.3 is 0 Å². The lowest BCUT2D eigenvalue weighted by molar-refractivity contribution is -0.107. The zero-order chi connectivity index (χ0) is 16.1. The fraction of sp³-hybridized carbons (Fsp3) is 0.222. The van der Waals surface area contributed by atoms with Crippen LogP contribution in [0.25, 0.3) is 11.1 Å². The largest absolute Gasteiger partial charge is 0.316 e. The van der Waals surface area contributed by atoms with Crippen molar-refractivity contribution in [3.8, 4) is 17.2 Å². The van der Waals surface area contributed by atoms with Gasteiger partial charge in [-0.3, -0.25) is 0 Å². The van der Waals surface area contributed by atoms with Gasteiger partial charge in [-0.05, 0) is 35.2 Å². The quantitative estimate of drug-likeness (QED) is 0.863. The summed E-state index contributed by atoms with van der Waals surface area (Å²) in [7, 11) is 0. The Morgan fingerprint density at radius 3 is 2.68 bits per heavy atom. The highest BCUT2D eigenvalue weighted by molar-refractivity contribution is 5.67. The predicted octanol–water partition coefficient (Wildman–Crippen LogP) is 2.94. The number of hydrogen-bond donors (Lipinski definition) is 1. The molecule has 3 nitrogen and oxygen atoms in total. The van der Waals surface area contributed by atoms with E-state index >= 15 is 0 Å². The maximum Gasteiger partial charge on any atom is 0.131 e. The lowest BCUT2D eigenvalue weighted by Crippen LogP contribution is -2.20. The van der Waals surface area contributed by atoms with Crippen molar-refractivity contribution >= 4 is 6.29 Å². The van der Waals surface area contributed by atoms with Crippen molar-refractivity contribution < 1.29 is 9.18 Å². The molecule has 0 fully saturated rings. The number of nitriles is 1. The van der Waals surface area contributed by atoms with Crippen molar-refractivity contribution in [2.24, 2.45) is 5.73 Å². The number of carbonyl (C=O) groups is 1. The normalized spacial score (nSPS) is 11.7. The summed E-state index contributed by atoms with van der Waals surface area (Å²) in [4.78, 5) is 10.6. The number of hydrogen-bond acceptors (Lipinski definition) is 3. The third-order valence-corrected chi connectivity index (χ3v) is 3.61. The average molecular weight is 296 g/mol. The van der Waals surface area contributed by atoms with Crippen LogP contribution in [0.1, 0.15) is 16.7 Å². The average Bonchev–Trinajstić information content (AvgIpc) is 2.49. The number of nitrogens with zero attached hydrogens (tertiary/aromatic N) is 1. The number of aldehydes is 1. The van der Waals surface area contributed by atoms with Gasteiger partial charge in [-0.15, -0.1) is 0 Å². The molecule has 2 aromatic rings. The van der Waals surface area contributed by atoms with E-state index < -0.39 is 6.04 Å². The van der Waals surface area contributed by atoms with Crippen LogP contribution in [0, 0.1) is 24.1 Å². The van der Waals surface area contributed by atoms with Crippen molar-refractivity contribution in [1.82, 2.24) is 0 Å². The summed E-state index contributed by atoms with van der Waals surface area (Å²) in [5, 5.41) is 8.70. The molecule has 2 N–H and O–H groups in total. The van der Waals surface area contributed by atoms with Gasteiger partial charge in [0.25, 0.3) is 0 Å². The van der Waals surface area contributed by atoms with Crippen LogP contribution >= 0.6 is 0 Å². The fourth-order valence-electron chi connectivity index (χ4n) is 2.40. The minimum absolute atomic E-state index is 0.324. The van der Waals surface area contributed by atoms with E-state index in [2.05, 4.69) is 0 Å². The molecule has 0 bridgehead atoms. The molecule has 0 aliphatic rings. The second-order valence-electron chi connectivity index (χ2n) is 5.27. The number of aryl methyl sites for hydroxylation is 1. The summed E-state index contributed by atoms with van der Waals surface area (Å²) in [6.07, 6.45) is 1.54. The zero-order valence-corrected chi connectivity index (χ0v) is 12.3. The molecule has 0 aliphatic carbocycles. The van der Waals surface area contributed by atoms with E-state index in [1.807, 2.05) is 31.2 Å². The molecule has 0 amide bonds. The van der Waals surface area contributed by atoms with Crippen molar-refractivity contribution in [2.45, 2.75) is 25.8 Å². The Labute approximate surface area is 129 Å². The van der Waals surface area contributed by atoms with E-state index in [0.717, 1.165) is 23.0 Å². The van der Waals surface area contributed by atoms with Crippen LogP contribution in [-0.4, -0.2) is 12.3 Å². The molecule has 0 aromatic heterocycles. The van der Waals surface area contributed by atoms with E-state index in [4.69, 9.17) is 11.0 Å². The maximum atomic E-state index is 14.3. The van der Waals surface area contributed by atoms with Crippen LogP contribution in [0.5, 0.6) is 0 Å². The number of rotatable bonds is 5. The monoisotopic (exact) mass is 296 g/mol. The first-order valence-corrected chi connectivity index (χ1v) is 7.02. The van der Waals surface area contributed by atoms with Gasteiger partial charge < -0.3 is 10.5 Å². The summed E-state index contributed by atoms with van der Waals surface area (Å²) in [5.74, 6) is -0.342. The molecule has 4 heteroatoms. The first-order chi connectivity index (χ1) is 10.5. The molecule has 0 saturated carbocycles. The molecular formula is C18H17FN2O. The summed E-state index contributed by atoms with van der Waals surface area (Å²) >= 11 is 0. The number of carbonyl (C=O) groups excluding carboxylic acids is 1. The predicted molar refractivity (Wildman–Crippen MR) is 83.6 cm³/mol. The highest BCUT2D eigenvalue weighted by Crippen LogP contribution is 2.26. The third-order valence-electron chi connectivity index (χ3n) is 3.61. The van der Waals surface area contributed by atoms with Gasteiger partial charge in [0.1, 0.15) is 12.1 Å². The van der Waals surface area contributed by atoms with Gasteiger partial charge in [0.15, 0.2) is 0 Å². The lowest BCUT2D eigenvalue weighted by atomic mass is 9.96. The Morgan fingerprint density at radius 1 is 1.32 bits per heavy atom. The standard InChI is InChI=1S/C18H17FN2O/c1-12-8-15(4-3-14(12)6-7-22)17-5-2-13(10-18(17)19)9-16(21)11-20/h2-5,7-8,10,16H,6,9,21H2,1H3. The summed E-state index contributed by atoms with van der Waals surface area (Å²) < 4.78 is 14.3. The molecule has 0 saturated heterocycles. The van der Waals surface area contributed by atoms with Crippen LogP contribution in [0.4, 0.5) is 4.39 Å². The Hall–Kier alpha value is -2.51. The van der Waals surface area contributed by atoms with Gasteiger partial charge in [-0.2, -0.15) is 5.26 Å². The van der Waals surface area contributed by atoms with Crippen LogP contribution < -0.4 is 5.73 Å². The molecule has 0 radical (unpaired) electrons. The highest BCUT2D eigenvalue weighted by Gasteiger charge is 2.10. The Kier molecular flexibility index (Phi) is 5.03. The van der Waals surface area contributed by atoms with Gasteiger partial charge in [0.2, 0.25) is 0 Å². The number of nitrogens with two attached hydrogens (primary N) is 1. The molecule has 0 heterocycles. The van der Waals surface area contributed by atoms with Crippen LogP contribution in [0.2, 0.25) is 0 Å². The fourth-order valence-corrected chi connectivity index (χ4v) is 2.40. The van der Waals surface area contributed by atoms with Crippen molar-refractivity contribution in [2.75, 3.05) is 0 Å². The zero-order valence-electron chi connectivity index (χ0n) is 12.3. The van der Waals surface area contributed by atoms with Gasteiger partial charge in [-0.25, -0.2) is 4.39 Å². The summed E-state index contributed by atoms with van der Waals surface area (Å²) in [6.45, 7) is 1.90. The highest BCUT2D eigenvalue weighted by atomic mass is 19.1. The Balaban J connectivity index is 2.31. The lowest BCUT2D eigenvalue weighted by Gasteiger charge is -2.10. The molecule has 2 rings (SSSR count). The third kappa shape index (κ3) is 3.57. The Bertz CT molecular complexity index is 734. The van der Waals surface area contributed by atoms with E-state index in [0.29, 0.717) is 24.0 Å². The first-order valence-electron chi connectivity index (χ1n) is 7.02. The minimum atomic E-state index is -0.630. The van der Waals surface area contributed by atoms with Gasteiger partial charge in [-0.1, -0.05) is 30.3 Å². The van der Waals surface area contributed by atoms with Crippen molar-refractivity contribution in [1.29, 1.82) is 5.26 Å². The van der Waals surface area contributed by atoms with E-state index in [9.17, 15) is 9.18 Å². The molecule has 2 aromatic carbocycles. The molecule has 0 spiro atoms. The smallest absolute Gasteiger partial charge is 0.131 e. The second kappa shape index (κ2) is 6.97. The maximum absolute atomic E-state index is 14.3. The van der Waals surface area contributed by atoms with Crippen LogP contribution in [0.15, 0.2) is 36.4 Å². The Morgan fingerprint density at radius 2 is 2.09 bits per heavy atom. The first kappa shape index (κ1) is 15.9. The molecule has 112 valence electrons. The molecular weight excluding hydrogens is 279 g/mol. The number of benzene rings is 2. The van der Waals surface area contributed by atoms with E-state index in [1.54, 1.807) is 12.1 Å². The molecule has 22 heavy (non-hydrogen) atoms. The second-order valence-corrected chi connectivity index (χ2v) is 5.27. The van der Waals surface area contributed by atoms with Crippen molar-refractivity contribution in [3.05, 3.63) is 58.9 Å². The van der Waals surface area contributed by atoms with Crippen molar-refractivity contribution in [3.63, 3.8) is 0 Å². The minimum Gasteiger partial charge on any atom is -0.316 e. The SMILES string of the molecule is Cc1cc(-c2ccc(CC(N)C#N)cc2F)ccc1CC=O. The van der Waals surface area contributed by atoms with E-state index in [1.165, 1.54) is 6.07 Å². The summed E-state index contributed by atoms with van der Waals surface area (Å²) in [5.41, 5.74) is 9.41. The molecule has 1 atom stereocenters. The summed E-state index contributed by atoms with van der Waals surface area (Å²) in [6, 6.07) is 11.7. The van der Waals surface area contributed by atoms with Crippen LogP contribution in [0.3, 0.4) is 0 Å². The van der Waals surface area contributed by atoms with Gasteiger partial charge in [0, 0.05) is 18.4 Å². The number of halogens is 1. The molecule has 0 aliphatic heterocycles. The van der Waals surface area contributed by atoms with Crippen LogP contribution in [-0.2, 0) is 17.6 Å². The van der Waals surface area contributed by atoms with Gasteiger partial charge in [0.05, 0.1) is 12.1 Å². The topological polar surface area (TPSA) is 66.9 Å².